The molecule has 0 aromatic heterocycles. The van der Waals surface area contributed by atoms with Crippen LogP contribution in [-0.4, -0.2) is 40.0 Å². The molecule has 0 spiro atoms. The normalized spacial score (nSPS) is 13.7. The van der Waals surface area contributed by atoms with E-state index in [4.69, 9.17) is 23.2 Å². The molecule has 0 fully saturated rings. The third kappa shape index (κ3) is 9.62. The number of halogens is 3. The number of guanidine groups is 1. The summed E-state index contributed by atoms with van der Waals surface area (Å²) in [5, 5.41) is 7.58. The van der Waals surface area contributed by atoms with E-state index in [2.05, 4.69) is 15.6 Å². The van der Waals surface area contributed by atoms with Gasteiger partial charge < -0.3 is 10.6 Å². The van der Waals surface area contributed by atoms with E-state index in [-0.39, 0.29) is 41.2 Å². The molecule has 1 rings (SSSR count). The predicted molar refractivity (Wildman–Crippen MR) is 123 cm³/mol. The number of aliphatic imine (C=N–C) groups is 1. The highest BCUT2D eigenvalue weighted by molar-refractivity contribution is 14.0. The summed E-state index contributed by atoms with van der Waals surface area (Å²) in [7, 11) is -1.27. The minimum Gasteiger partial charge on any atom is -0.356 e. The van der Waals surface area contributed by atoms with Gasteiger partial charge in [0.25, 0.3) is 0 Å². The Hall–Kier alpha value is -0.250. The van der Waals surface area contributed by atoms with Gasteiger partial charge in [0.05, 0.1) is 21.8 Å². The first kappa shape index (κ1) is 25.8. The first-order valence-electron chi connectivity index (χ1n) is 8.03. The molecule has 1 atom stereocenters. The Morgan fingerprint density at radius 1 is 1.27 bits per heavy atom. The molecule has 0 heterocycles. The maximum Gasteiger partial charge on any atom is 0.191 e. The van der Waals surface area contributed by atoms with Crippen molar-refractivity contribution in [2.75, 3.05) is 25.6 Å². The second-order valence-corrected chi connectivity index (χ2v) is 10.1. The summed E-state index contributed by atoms with van der Waals surface area (Å²) in [6, 6.07) is 5.49. The molecule has 1 unspecified atom stereocenters. The van der Waals surface area contributed by atoms with E-state index < -0.39 is 9.84 Å². The van der Waals surface area contributed by atoms with Gasteiger partial charge in [-0.25, -0.2) is 8.42 Å². The molecule has 2 N–H and O–H groups in total. The molecule has 0 aliphatic carbocycles. The highest BCUT2D eigenvalue weighted by atomic mass is 127. The average molecular weight is 536 g/mol. The Bertz CT molecular complexity index is 725. The fraction of sp³-hybridized carbons (Fsp3) is 0.588. The van der Waals surface area contributed by atoms with Gasteiger partial charge in [-0.15, -0.1) is 24.0 Å². The largest absolute Gasteiger partial charge is 0.356 e. The van der Waals surface area contributed by atoms with Crippen molar-refractivity contribution < 1.29 is 8.42 Å². The van der Waals surface area contributed by atoms with E-state index in [1.165, 1.54) is 6.26 Å². The second-order valence-electron chi connectivity index (χ2n) is 7.01. The topological polar surface area (TPSA) is 70.6 Å². The predicted octanol–water partition coefficient (Wildman–Crippen LogP) is 4.30. The number of nitrogens with zero attached hydrogens (tertiary/aromatic N) is 1. The van der Waals surface area contributed by atoms with Crippen molar-refractivity contribution in [3.8, 4) is 0 Å². The Labute approximate surface area is 184 Å². The summed E-state index contributed by atoms with van der Waals surface area (Å²) < 4.78 is 22.7. The molecular weight excluding hydrogens is 508 g/mol. The smallest absolute Gasteiger partial charge is 0.191 e. The van der Waals surface area contributed by atoms with Crippen LogP contribution in [0, 0.1) is 5.41 Å². The summed E-state index contributed by atoms with van der Waals surface area (Å²) in [6.07, 6.45) is 1.84. The van der Waals surface area contributed by atoms with Crippen molar-refractivity contribution in [1.29, 1.82) is 0 Å². The van der Waals surface area contributed by atoms with Gasteiger partial charge in [0.15, 0.2) is 5.96 Å². The lowest BCUT2D eigenvalue weighted by atomic mass is 9.90. The number of rotatable bonds is 7. The van der Waals surface area contributed by atoms with Gasteiger partial charge in [-0.2, -0.15) is 0 Å². The lowest BCUT2D eigenvalue weighted by Gasteiger charge is -2.27. The Balaban J connectivity index is 0.00000625. The molecule has 0 aliphatic heterocycles. The minimum absolute atomic E-state index is 0. The van der Waals surface area contributed by atoms with Gasteiger partial charge in [0, 0.05) is 19.8 Å². The summed E-state index contributed by atoms with van der Waals surface area (Å²) in [6.45, 7) is 6.67. The van der Waals surface area contributed by atoms with E-state index in [1.807, 2.05) is 32.9 Å². The van der Waals surface area contributed by atoms with E-state index >= 15 is 0 Å². The Kier molecular flexibility index (Phi) is 10.8. The summed E-state index contributed by atoms with van der Waals surface area (Å²) in [5.74, 6) is 0.818. The molecule has 1 aromatic rings. The summed E-state index contributed by atoms with van der Waals surface area (Å²) >= 11 is 12.0. The van der Waals surface area contributed by atoms with Crippen LogP contribution in [0.5, 0.6) is 0 Å². The van der Waals surface area contributed by atoms with Crippen LogP contribution in [-0.2, 0) is 9.84 Å². The van der Waals surface area contributed by atoms with E-state index in [9.17, 15) is 8.42 Å². The zero-order valence-corrected chi connectivity index (χ0v) is 20.4. The highest BCUT2D eigenvalue weighted by Gasteiger charge is 2.21. The quantitative estimate of drug-likeness (QED) is 0.310. The lowest BCUT2D eigenvalue weighted by molar-refractivity contribution is 0.348. The first-order chi connectivity index (χ1) is 11.4. The van der Waals surface area contributed by atoms with Crippen molar-refractivity contribution >= 4 is 63.0 Å². The van der Waals surface area contributed by atoms with Crippen LogP contribution in [0.25, 0.3) is 0 Å². The maximum atomic E-state index is 11.3. The van der Waals surface area contributed by atoms with Crippen molar-refractivity contribution in [3.63, 3.8) is 0 Å². The number of hydrogen-bond donors (Lipinski definition) is 2. The van der Waals surface area contributed by atoms with Gasteiger partial charge in [0.1, 0.15) is 9.84 Å². The average Bonchev–Trinajstić information content (AvgIpc) is 2.51. The number of benzene rings is 1. The summed E-state index contributed by atoms with van der Waals surface area (Å²) in [5.41, 5.74) is 0.821. The zero-order valence-electron chi connectivity index (χ0n) is 15.8. The first-order valence-corrected chi connectivity index (χ1v) is 10.8. The number of sulfone groups is 1. The van der Waals surface area contributed by atoms with E-state index in [1.54, 1.807) is 13.1 Å². The van der Waals surface area contributed by atoms with Gasteiger partial charge in [0.2, 0.25) is 0 Å². The maximum absolute atomic E-state index is 11.3. The molecular formula is C17H28Cl2IN3O2S. The van der Waals surface area contributed by atoms with Gasteiger partial charge in [-0.05, 0) is 36.5 Å². The minimum atomic E-state index is -2.96. The van der Waals surface area contributed by atoms with Crippen molar-refractivity contribution in [3.05, 3.63) is 33.8 Å². The van der Waals surface area contributed by atoms with Crippen LogP contribution in [0.4, 0.5) is 0 Å². The standard InChI is InChI=1S/C17H27Cl2N3O2S.HI/c1-12(13-6-7-14(18)15(19)10-13)22-16(20-4)21-11-17(2,3)8-9-25(5,23)24;/h6-7,10,12H,8-9,11H2,1-5H3,(H2,20,21,22);1H. The molecule has 0 radical (unpaired) electrons. The molecule has 1 aromatic carbocycles. The van der Waals surface area contributed by atoms with E-state index in [0.717, 1.165) is 5.56 Å². The molecule has 0 aliphatic rings. The third-order valence-corrected chi connectivity index (χ3v) is 5.59. The fourth-order valence-electron chi connectivity index (χ4n) is 2.14. The van der Waals surface area contributed by atoms with Crippen LogP contribution in [0.1, 0.15) is 38.8 Å². The number of hydrogen-bond acceptors (Lipinski definition) is 3. The molecule has 0 saturated heterocycles. The van der Waals surface area contributed by atoms with Crippen LogP contribution >= 0.6 is 47.2 Å². The lowest BCUT2D eigenvalue weighted by Crippen LogP contribution is -2.43. The molecule has 0 saturated carbocycles. The van der Waals surface area contributed by atoms with Gasteiger partial charge >= 0.3 is 0 Å². The SMILES string of the molecule is CN=C(NCC(C)(C)CCS(C)(=O)=O)NC(C)c1ccc(Cl)c(Cl)c1.I. The van der Waals surface area contributed by atoms with Crippen LogP contribution < -0.4 is 10.6 Å². The van der Waals surface area contributed by atoms with E-state index in [0.29, 0.717) is 29.0 Å². The molecule has 5 nitrogen and oxygen atoms in total. The molecule has 0 bridgehead atoms. The van der Waals surface area contributed by atoms with Crippen molar-refractivity contribution in [1.82, 2.24) is 10.6 Å². The Morgan fingerprint density at radius 3 is 2.38 bits per heavy atom. The van der Waals surface area contributed by atoms with Crippen LogP contribution in [0.15, 0.2) is 23.2 Å². The third-order valence-electron chi connectivity index (χ3n) is 3.90. The summed E-state index contributed by atoms with van der Waals surface area (Å²) in [4.78, 5) is 4.22. The van der Waals surface area contributed by atoms with Gasteiger partial charge in [-0.1, -0.05) is 43.1 Å². The molecule has 0 amide bonds. The fourth-order valence-corrected chi connectivity index (χ4v) is 3.37. The second kappa shape index (κ2) is 10.9. The van der Waals surface area contributed by atoms with Crippen LogP contribution in [0.3, 0.4) is 0 Å². The monoisotopic (exact) mass is 535 g/mol. The molecule has 9 heteroatoms. The van der Waals surface area contributed by atoms with Crippen molar-refractivity contribution in [2.24, 2.45) is 10.4 Å². The van der Waals surface area contributed by atoms with Crippen LogP contribution in [0.2, 0.25) is 10.0 Å². The highest BCUT2D eigenvalue weighted by Crippen LogP contribution is 2.25. The van der Waals surface area contributed by atoms with Crippen molar-refractivity contribution in [2.45, 2.75) is 33.2 Å². The van der Waals surface area contributed by atoms with Gasteiger partial charge in [-0.3, -0.25) is 4.99 Å². The molecule has 26 heavy (non-hydrogen) atoms. The molecule has 150 valence electrons. The number of nitrogens with one attached hydrogen (secondary N) is 2. The zero-order chi connectivity index (χ0) is 19.3. The Morgan fingerprint density at radius 2 is 1.88 bits per heavy atom.